The highest BCUT2D eigenvalue weighted by Crippen LogP contribution is 2.21. The summed E-state index contributed by atoms with van der Waals surface area (Å²) >= 11 is 3.45. The van der Waals surface area contributed by atoms with Crippen molar-refractivity contribution in [2.24, 2.45) is 0 Å². The second kappa shape index (κ2) is 5.29. The fourth-order valence-electron chi connectivity index (χ4n) is 2.05. The number of aryl methyl sites for hydroxylation is 2. The molecule has 0 unspecified atom stereocenters. The maximum Gasteiger partial charge on any atom is 0.274 e. The summed E-state index contributed by atoms with van der Waals surface area (Å²) in [5, 5.41) is 6.99. The first-order valence-electron chi connectivity index (χ1n) is 6.43. The van der Waals surface area contributed by atoms with Crippen molar-refractivity contribution in [2.45, 2.75) is 13.8 Å². The van der Waals surface area contributed by atoms with E-state index >= 15 is 0 Å². The standard InChI is InChI=1S/C15H13BrN4O/c1-9-3-4-11(8-12(9)16)18-15(21)13-7-10(2)20-14(19-13)5-6-17-20/h3-8H,1-2H3,(H,18,21). The van der Waals surface area contributed by atoms with Crippen molar-refractivity contribution >= 4 is 33.2 Å². The number of amides is 1. The Hall–Kier alpha value is -2.21. The highest BCUT2D eigenvalue weighted by molar-refractivity contribution is 9.10. The van der Waals surface area contributed by atoms with Crippen molar-refractivity contribution in [3.63, 3.8) is 0 Å². The van der Waals surface area contributed by atoms with Gasteiger partial charge in [-0.05, 0) is 37.6 Å². The van der Waals surface area contributed by atoms with E-state index in [1.807, 2.05) is 32.0 Å². The molecule has 5 nitrogen and oxygen atoms in total. The van der Waals surface area contributed by atoms with Crippen LogP contribution in [0.25, 0.3) is 5.65 Å². The molecule has 1 amide bonds. The number of nitrogens with zero attached hydrogens (tertiary/aromatic N) is 3. The number of halogens is 1. The van der Waals surface area contributed by atoms with E-state index in [9.17, 15) is 4.79 Å². The third kappa shape index (κ3) is 2.67. The fourth-order valence-corrected chi connectivity index (χ4v) is 2.43. The second-order valence-electron chi connectivity index (χ2n) is 4.80. The van der Waals surface area contributed by atoms with Gasteiger partial charge in [0.05, 0.1) is 6.20 Å². The molecule has 0 saturated carbocycles. The van der Waals surface area contributed by atoms with E-state index in [0.29, 0.717) is 11.3 Å². The molecule has 2 aromatic heterocycles. The van der Waals surface area contributed by atoms with Gasteiger partial charge in [-0.3, -0.25) is 4.79 Å². The molecule has 3 rings (SSSR count). The minimum absolute atomic E-state index is 0.238. The van der Waals surface area contributed by atoms with Gasteiger partial charge in [0, 0.05) is 21.9 Å². The zero-order valence-electron chi connectivity index (χ0n) is 11.6. The van der Waals surface area contributed by atoms with E-state index in [0.717, 1.165) is 21.4 Å². The molecule has 21 heavy (non-hydrogen) atoms. The first kappa shape index (κ1) is 13.8. The Kier molecular flexibility index (Phi) is 3.47. The van der Waals surface area contributed by atoms with Crippen molar-refractivity contribution in [1.29, 1.82) is 0 Å². The van der Waals surface area contributed by atoms with Crippen molar-refractivity contribution in [1.82, 2.24) is 14.6 Å². The number of fused-ring (bicyclic) bond motifs is 1. The van der Waals surface area contributed by atoms with Crippen LogP contribution in [0.1, 0.15) is 21.7 Å². The largest absolute Gasteiger partial charge is 0.321 e. The van der Waals surface area contributed by atoms with Gasteiger partial charge in [-0.15, -0.1) is 0 Å². The molecule has 0 aliphatic heterocycles. The van der Waals surface area contributed by atoms with Gasteiger partial charge in [0.1, 0.15) is 5.69 Å². The summed E-state index contributed by atoms with van der Waals surface area (Å²) in [7, 11) is 0. The van der Waals surface area contributed by atoms with Crippen LogP contribution in [0.3, 0.4) is 0 Å². The Morgan fingerprint density at radius 3 is 2.81 bits per heavy atom. The van der Waals surface area contributed by atoms with E-state index in [2.05, 4.69) is 31.3 Å². The fraction of sp³-hybridized carbons (Fsp3) is 0.133. The number of nitrogens with one attached hydrogen (secondary N) is 1. The topological polar surface area (TPSA) is 59.3 Å². The van der Waals surface area contributed by atoms with Gasteiger partial charge in [-0.25, -0.2) is 9.50 Å². The smallest absolute Gasteiger partial charge is 0.274 e. The van der Waals surface area contributed by atoms with Crippen molar-refractivity contribution in [2.75, 3.05) is 5.32 Å². The number of benzene rings is 1. The third-order valence-corrected chi connectivity index (χ3v) is 4.05. The molecule has 0 fully saturated rings. The Bertz CT molecular complexity index is 841. The minimum atomic E-state index is -0.238. The van der Waals surface area contributed by atoms with E-state index in [1.165, 1.54) is 0 Å². The molecule has 1 N–H and O–H groups in total. The van der Waals surface area contributed by atoms with Crippen LogP contribution in [-0.2, 0) is 0 Å². The molecule has 0 radical (unpaired) electrons. The summed E-state index contributed by atoms with van der Waals surface area (Å²) in [6, 6.07) is 9.17. The molecule has 0 aliphatic rings. The number of carbonyl (C=O) groups is 1. The number of rotatable bonds is 2. The predicted octanol–water partition coefficient (Wildman–Crippen LogP) is 3.36. The normalized spacial score (nSPS) is 10.8. The first-order valence-corrected chi connectivity index (χ1v) is 7.23. The average Bonchev–Trinajstić information content (AvgIpc) is 2.92. The van der Waals surface area contributed by atoms with E-state index in [1.54, 1.807) is 22.8 Å². The van der Waals surface area contributed by atoms with Gasteiger partial charge < -0.3 is 5.32 Å². The Balaban J connectivity index is 1.91. The SMILES string of the molecule is Cc1ccc(NC(=O)c2cc(C)n3nccc3n2)cc1Br. The zero-order chi connectivity index (χ0) is 15.0. The maximum absolute atomic E-state index is 12.3. The number of hydrogen-bond donors (Lipinski definition) is 1. The van der Waals surface area contributed by atoms with Gasteiger partial charge in [0.25, 0.3) is 5.91 Å². The molecule has 1 aromatic carbocycles. The Labute approximate surface area is 130 Å². The van der Waals surface area contributed by atoms with Gasteiger partial charge in [0.15, 0.2) is 5.65 Å². The number of anilines is 1. The molecule has 106 valence electrons. The first-order chi connectivity index (χ1) is 10.0. The molecule has 0 atom stereocenters. The summed E-state index contributed by atoms with van der Waals surface area (Å²) in [5.74, 6) is -0.238. The van der Waals surface area contributed by atoms with Gasteiger partial charge in [-0.1, -0.05) is 22.0 Å². The molecule has 0 aliphatic carbocycles. The van der Waals surface area contributed by atoms with Crippen LogP contribution in [0.15, 0.2) is 41.0 Å². The van der Waals surface area contributed by atoms with Crippen LogP contribution >= 0.6 is 15.9 Å². The maximum atomic E-state index is 12.3. The molecule has 3 aromatic rings. The molecule has 6 heteroatoms. The van der Waals surface area contributed by atoms with Crippen LogP contribution in [-0.4, -0.2) is 20.5 Å². The summed E-state index contributed by atoms with van der Waals surface area (Å²) in [6.45, 7) is 3.88. The molecular weight excluding hydrogens is 332 g/mol. The lowest BCUT2D eigenvalue weighted by atomic mass is 10.2. The average molecular weight is 345 g/mol. The number of hydrogen-bond acceptors (Lipinski definition) is 3. The summed E-state index contributed by atoms with van der Waals surface area (Å²) in [6.07, 6.45) is 1.66. The lowest BCUT2D eigenvalue weighted by Gasteiger charge is -2.08. The Morgan fingerprint density at radius 1 is 1.24 bits per heavy atom. The molecule has 2 heterocycles. The monoisotopic (exact) mass is 344 g/mol. The highest BCUT2D eigenvalue weighted by atomic mass is 79.9. The van der Waals surface area contributed by atoms with Crippen LogP contribution in [0.5, 0.6) is 0 Å². The molecular formula is C15H13BrN4O. The van der Waals surface area contributed by atoms with Crippen molar-refractivity contribution in [3.05, 3.63) is 58.0 Å². The minimum Gasteiger partial charge on any atom is -0.321 e. The number of aromatic nitrogens is 3. The molecule has 0 bridgehead atoms. The van der Waals surface area contributed by atoms with E-state index in [-0.39, 0.29) is 5.91 Å². The lowest BCUT2D eigenvalue weighted by molar-refractivity contribution is 0.102. The summed E-state index contributed by atoms with van der Waals surface area (Å²) in [4.78, 5) is 16.6. The summed E-state index contributed by atoms with van der Waals surface area (Å²) in [5.41, 5.74) is 3.73. The van der Waals surface area contributed by atoms with Gasteiger partial charge in [0.2, 0.25) is 0 Å². The predicted molar refractivity (Wildman–Crippen MR) is 84.6 cm³/mol. The number of carbonyl (C=O) groups excluding carboxylic acids is 1. The van der Waals surface area contributed by atoms with Crippen LogP contribution in [0, 0.1) is 13.8 Å². The quantitative estimate of drug-likeness (QED) is 0.775. The van der Waals surface area contributed by atoms with Gasteiger partial charge in [-0.2, -0.15) is 5.10 Å². The van der Waals surface area contributed by atoms with Crippen molar-refractivity contribution < 1.29 is 4.79 Å². The zero-order valence-corrected chi connectivity index (χ0v) is 13.2. The van der Waals surface area contributed by atoms with Crippen molar-refractivity contribution in [3.8, 4) is 0 Å². The Morgan fingerprint density at radius 2 is 2.05 bits per heavy atom. The van der Waals surface area contributed by atoms with Gasteiger partial charge >= 0.3 is 0 Å². The van der Waals surface area contributed by atoms with Crippen LogP contribution in [0.2, 0.25) is 0 Å². The molecule has 0 saturated heterocycles. The molecule has 0 spiro atoms. The second-order valence-corrected chi connectivity index (χ2v) is 5.66. The van der Waals surface area contributed by atoms with E-state index in [4.69, 9.17) is 0 Å². The van der Waals surface area contributed by atoms with Crippen LogP contribution < -0.4 is 5.32 Å². The van der Waals surface area contributed by atoms with Crippen LogP contribution in [0.4, 0.5) is 5.69 Å². The highest BCUT2D eigenvalue weighted by Gasteiger charge is 2.11. The lowest BCUT2D eigenvalue weighted by Crippen LogP contribution is -2.15. The van der Waals surface area contributed by atoms with E-state index < -0.39 is 0 Å². The third-order valence-electron chi connectivity index (χ3n) is 3.20. The summed E-state index contributed by atoms with van der Waals surface area (Å²) < 4.78 is 2.65.